The summed E-state index contributed by atoms with van der Waals surface area (Å²) in [4.78, 5) is 12.9. The topological polar surface area (TPSA) is 26.3 Å². The molecule has 0 N–H and O–H groups in total. The van der Waals surface area contributed by atoms with Gasteiger partial charge >= 0.3 is 5.97 Å². The van der Waals surface area contributed by atoms with E-state index in [1.807, 2.05) is 42.5 Å². The highest BCUT2D eigenvalue weighted by Crippen LogP contribution is 2.50. The van der Waals surface area contributed by atoms with Crippen molar-refractivity contribution in [3.8, 4) is 0 Å². The second-order valence-electron chi connectivity index (χ2n) is 7.32. The zero-order valence-corrected chi connectivity index (χ0v) is 14.4. The molecule has 0 heterocycles. The van der Waals surface area contributed by atoms with E-state index in [9.17, 15) is 4.79 Å². The molecule has 4 unspecified atom stereocenters. The molecule has 2 bridgehead atoms. The van der Waals surface area contributed by atoms with Crippen LogP contribution in [0.1, 0.15) is 28.3 Å². The van der Waals surface area contributed by atoms with Crippen LogP contribution < -0.4 is 0 Å². The number of carbonyl (C=O) groups excluding carboxylic acids is 1. The molecule has 3 aromatic carbocycles. The lowest BCUT2D eigenvalue weighted by atomic mass is 9.84. The quantitative estimate of drug-likeness (QED) is 0.474. The van der Waals surface area contributed by atoms with Crippen molar-refractivity contribution in [3.63, 3.8) is 0 Å². The number of fused-ring (bicyclic) bond motifs is 3. The monoisotopic (exact) mass is 340 g/mol. The molecule has 1 saturated carbocycles. The number of ether oxygens (including phenoxy) is 1. The molecule has 0 saturated heterocycles. The van der Waals surface area contributed by atoms with E-state index >= 15 is 0 Å². The SMILES string of the molecule is O=C(OC1C2C=CC(C2)C1c1ccccc1)c1ccc2ccccc2c1. The maximum absolute atomic E-state index is 12.9. The van der Waals surface area contributed by atoms with E-state index in [0.717, 1.165) is 17.2 Å². The highest BCUT2D eigenvalue weighted by molar-refractivity contribution is 5.95. The lowest BCUT2D eigenvalue weighted by Gasteiger charge is -2.28. The van der Waals surface area contributed by atoms with Crippen molar-refractivity contribution >= 4 is 16.7 Å². The van der Waals surface area contributed by atoms with Gasteiger partial charge in [-0.2, -0.15) is 0 Å². The number of carbonyl (C=O) groups is 1. The smallest absolute Gasteiger partial charge is 0.338 e. The van der Waals surface area contributed by atoms with Crippen LogP contribution in [0.25, 0.3) is 10.8 Å². The Morgan fingerprint density at radius 2 is 1.54 bits per heavy atom. The summed E-state index contributed by atoms with van der Waals surface area (Å²) >= 11 is 0. The van der Waals surface area contributed by atoms with Crippen LogP contribution in [0.5, 0.6) is 0 Å². The number of allylic oxidation sites excluding steroid dienone is 1. The minimum atomic E-state index is -0.220. The molecule has 0 aliphatic heterocycles. The van der Waals surface area contributed by atoms with Crippen molar-refractivity contribution in [2.75, 3.05) is 0 Å². The van der Waals surface area contributed by atoms with Crippen LogP contribution in [0.4, 0.5) is 0 Å². The highest BCUT2D eigenvalue weighted by Gasteiger charge is 2.47. The molecule has 3 aromatic rings. The third-order valence-electron chi connectivity index (χ3n) is 5.80. The van der Waals surface area contributed by atoms with Crippen LogP contribution in [-0.2, 0) is 4.74 Å². The molecule has 128 valence electrons. The number of benzene rings is 3. The van der Waals surface area contributed by atoms with Gasteiger partial charge < -0.3 is 4.74 Å². The summed E-state index contributed by atoms with van der Waals surface area (Å²) in [6.45, 7) is 0. The van der Waals surface area contributed by atoms with Crippen molar-refractivity contribution in [1.29, 1.82) is 0 Å². The van der Waals surface area contributed by atoms with Gasteiger partial charge in [0.15, 0.2) is 0 Å². The first-order valence-corrected chi connectivity index (χ1v) is 9.23. The first-order valence-electron chi connectivity index (χ1n) is 9.23. The summed E-state index contributed by atoms with van der Waals surface area (Å²) in [6.07, 6.45) is 5.52. The first-order chi connectivity index (χ1) is 12.8. The molecule has 0 radical (unpaired) electrons. The van der Waals surface area contributed by atoms with Crippen molar-refractivity contribution < 1.29 is 9.53 Å². The standard InChI is InChI=1S/C24H20O2/c25-24(21-13-10-16-6-4-5-9-18(16)14-21)26-23-20-12-11-19(15-20)22(23)17-7-2-1-3-8-17/h1-14,19-20,22-23H,15H2. The van der Waals surface area contributed by atoms with Gasteiger partial charge in [0.1, 0.15) is 6.10 Å². The second-order valence-corrected chi connectivity index (χ2v) is 7.32. The van der Waals surface area contributed by atoms with Crippen LogP contribution in [0.3, 0.4) is 0 Å². The Bertz CT molecular complexity index is 989. The lowest BCUT2D eigenvalue weighted by molar-refractivity contribution is 0.0191. The van der Waals surface area contributed by atoms with E-state index < -0.39 is 0 Å². The second kappa shape index (κ2) is 6.14. The zero-order chi connectivity index (χ0) is 17.5. The van der Waals surface area contributed by atoms with Gasteiger partial charge in [-0.05, 0) is 40.8 Å². The van der Waals surface area contributed by atoms with E-state index in [1.165, 1.54) is 5.56 Å². The zero-order valence-electron chi connectivity index (χ0n) is 14.4. The van der Waals surface area contributed by atoms with Crippen LogP contribution in [0.2, 0.25) is 0 Å². The Kier molecular flexibility index (Phi) is 3.63. The Hall–Kier alpha value is -2.87. The van der Waals surface area contributed by atoms with Gasteiger partial charge in [0.2, 0.25) is 0 Å². The third-order valence-corrected chi connectivity index (χ3v) is 5.80. The fourth-order valence-electron chi connectivity index (χ4n) is 4.56. The molecular formula is C24H20O2. The molecule has 0 aromatic heterocycles. The lowest BCUT2D eigenvalue weighted by Crippen LogP contribution is -2.29. The molecule has 5 rings (SSSR count). The van der Waals surface area contributed by atoms with Crippen molar-refractivity contribution in [2.45, 2.75) is 18.4 Å². The molecule has 2 heteroatoms. The van der Waals surface area contributed by atoms with Gasteiger partial charge in [-0.15, -0.1) is 0 Å². The van der Waals surface area contributed by atoms with Gasteiger partial charge in [-0.1, -0.05) is 72.8 Å². The number of esters is 1. The average Bonchev–Trinajstić information content (AvgIpc) is 3.30. The predicted octanol–water partition coefficient (Wildman–Crippen LogP) is 5.35. The van der Waals surface area contributed by atoms with Gasteiger partial charge in [0.25, 0.3) is 0 Å². The highest BCUT2D eigenvalue weighted by atomic mass is 16.5. The minimum Gasteiger partial charge on any atom is -0.457 e. The summed E-state index contributed by atoms with van der Waals surface area (Å²) in [5.74, 6) is 0.838. The largest absolute Gasteiger partial charge is 0.457 e. The Morgan fingerprint density at radius 1 is 0.808 bits per heavy atom. The van der Waals surface area contributed by atoms with E-state index in [-0.39, 0.29) is 18.0 Å². The molecule has 1 fully saturated rings. The van der Waals surface area contributed by atoms with Gasteiger partial charge in [0, 0.05) is 11.8 Å². The van der Waals surface area contributed by atoms with Gasteiger partial charge in [-0.3, -0.25) is 0 Å². The van der Waals surface area contributed by atoms with Gasteiger partial charge in [-0.25, -0.2) is 4.79 Å². The van der Waals surface area contributed by atoms with Crippen LogP contribution >= 0.6 is 0 Å². The Labute approximate surface area is 153 Å². The van der Waals surface area contributed by atoms with Crippen LogP contribution in [0, 0.1) is 11.8 Å². The molecule has 4 atom stereocenters. The van der Waals surface area contributed by atoms with E-state index in [4.69, 9.17) is 4.74 Å². The summed E-state index contributed by atoms with van der Waals surface area (Å²) in [7, 11) is 0. The fourth-order valence-corrected chi connectivity index (χ4v) is 4.56. The summed E-state index contributed by atoms with van der Waals surface area (Å²) < 4.78 is 6.06. The number of hydrogen-bond acceptors (Lipinski definition) is 2. The predicted molar refractivity (Wildman–Crippen MR) is 103 cm³/mol. The van der Waals surface area contributed by atoms with Crippen molar-refractivity contribution in [2.24, 2.45) is 11.8 Å². The summed E-state index contributed by atoms with van der Waals surface area (Å²) in [6, 6.07) is 24.3. The molecular weight excluding hydrogens is 320 g/mol. The van der Waals surface area contributed by atoms with Crippen LogP contribution in [-0.4, -0.2) is 12.1 Å². The Morgan fingerprint density at radius 3 is 2.38 bits per heavy atom. The maximum Gasteiger partial charge on any atom is 0.338 e. The van der Waals surface area contributed by atoms with E-state index in [1.54, 1.807) is 0 Å². The maximum atomic E-state index is 12.9. The third kappa shape index (κ3) is 2.53. The molecule has 2 aliphatic carbocycles. The fraction of sp³-hybridized carbons (Fsp3) is 0.208. The van der Waals surface area contributed by atoms with Crippen molar-refractivity contribution in [1.82, 2.24) is 0 Å². The normalized spacial score (nSPS) is 26.3. The molecule has 26 heavy (non-hydrogen) atoms. The minimum absolute atomic E-state index is 0.0774. The first kappa shape index (κ1) is 15.4. The van der Waals surface area contributed by atoms with E-state index in [2.05, 4.69) is 42.5 Å². The molecule has 2 aliphatic rings. The number of hydrogen-bond donors (Lipinski definition) is 0. The molecule has 2 nitrogen and oxygen atoms in total. The molecule has 0 amide bonds. The molecule has 0 spiro atoms. The average molecular weight is 340 g/mol. The number of rotatable bonds is 3. The summed E-state index contributed by atoms with van der Waals surface area (Å²) in [5.41, 5.74) is 1.89. The van der Waals surface area contributed by atoms with Gasteiger partial charge in [0.05, 0.1) is 5.56 Å². The summed E-state index contributed by atoms with van der Waals surface area (Å²) in [5, 5.41) is 2.20. The van der Waals surface area contributed by atoms with Crippen molar-refractivity contribution in [3.05, 3.63) is 96.1 Å². The Balaban J connectivity index is 1.43. The van der Waals surface area contributed by atoms with E-state index in [0.29, 0.717) is 17.4 Å². The van der Waals surface area contributed by atoms with Crippen LogP contribution in [0.15, 0.2) is 84.9 Å².